The minimum absolute atomic E-state index is 0.00457. The van der Waals surface area contributed by atoms with Crippen molar-refractivity contribution < 1.29 is 27.9 Å². The van der Waals surface area contributed by atoms with Gasteiger partial charge in [-0.1, -0.05) is 12.1 Å². The molecule has 9 heteroatoms. The van der Waals surface area contributed by atoms with E-state index in [1.165, 1.54) is 55.0 Å². The van der Waals surface area contributed by atoms with Gasteiger partial charge in [-0.2, -0.15) is 0 Å². The SMILES string of the molecule is CC(=O)N1[C@@H](c2ccco2)SC[C@H]1C(=O)O[C@@H](C)C(=O)Nc1ccccc1F. The van der Waals surface area contributed by atoms with E-state index >= 15 is 0 Å². The largest absolute Gasteiger partial charge is 0.466 e. The number of nitrogens with one attached hydrogen (secondary N) is 1. The molecule has 0 aliphatic carbocycles. The summed E-state index contributed by atoms with van der Waals surface area (Å²) in [5, 5.41) is 1.94. The Morgan fingerprint density at radius 1 is 1.29 bits per heavy atom. The third-order valence-corrected chi connectivity index (χ3v) is 5.50. The van der Waals surface area contributed by atoms with Gasteiger partial charge in [0, 0.05) is 12.7 Å². The van der Waals surface area contributed by atoms with Gasteiger partial charge in [0.25, 0.3) is 5.91 Å². The smallest absolute Gasteiger partial charge is 0.330 e. The first-order valence-electron chi connectivity index (χ1n) is 8.58. The molecule has 1 saturated heterocycles. The van der Waals surface area contributed by atoms with Crippen molar-refractivity contribution >= 4 is 35.2 Å². The van der Waals surface area contributed by atoms with Gasteiger partial charge < -0.3 is 19.4 Å². The Bertz CT molecular complexity index is 873. The van der Waals surface area contributed by atoms with Crippen LogP contribution in [0.4, 0.5) is 10.1 Å². The first-order valence-corrected chi connectivity index (χ1v) is 9.63. The fourth-order valence-electron chi connectivity index (χ4n) is 2.83. The Kier molecular flexibility index (Phi) is 6.03. The topological polar surface area (TPSA) is 88.8 Å². The number of nitrogens with zero attached hydrogens (tertiary/aromatic N) is 1. The second-order valence-corrected chi connectivity index (χ2v) is 7.30. The van der Waals surface area contributed by atoms with E-state index in [4.69, 9.17) is 9.15 Å². The first kappa shape index (κ1) is 19.9. The summed E-state index contributed by atoms with van der Waals surface area (Å²) in [6.45, 7) is 2.74. The van der Waals surface area contributed by atoms with Crippen LogP contribution in [0.1, 0.15) is 25.0 Å². The summed E-state index contributed by atoms with van der Waals surface area (Å²) < 4.78 is 24.3. The number of carbonyl (C=O) groups excluding carboxylic acids is 3. The molecule has 2 aromatic rings. The maximum atomic E-state index is 13.7. The second-order valence-electron chi connectivity index (χ2n) is 6.19. The van der Waals surface area contributed by atoms with Crippen molar-refractivity contribution in [2.45, 2.75) is 31.4 Å². The molecule has 0 spiro atoms. The van der Waals surface area contributed by atoms with Gasteiger partial charge in [-0.25, -0.2) is 9.18 Å². The number of amides is 2. The number of furan rings is 1. The van der Waals surface area contributed by atoms with Gasteiger partial charge in [0.15, 0.2) is 6.10 Å². The van der Waals surface area contributed by atoms with E-state index in [0.717, 1.165) is 0 Å². The molecule has 1 fully saturated rings. The molecular formula is C19H19FN2O5S. The van der Waals surface area contributed by atoms with Crippen molar-refractivity contribution in [2.24, 2.45) is 0 Å². The fraction of sp³-hybridized carbons (Fsp3) is 0.316. The van der Waals surface area contributed by atoms with Crippen LogP contribution in [0.15, 0.2) is 47.1 Å². The lowest BCUT2D eigenvalue weighted by Gasteiger charge is -2.26. The molecule has 1 aliphatic rings. The molecule has 7 nitrogen and oxygen atoms in total. The summed E-state index contributed by atoms with van der Waals surface area (Å²) >= 11 is 1.37. The quantitative estimate of drug-likeness (QED) is 0.768. The van der Waals surface area contributed by atoms with Crippen molar-refractivity contribution in [1.29, 1.82) is 0 Å². The highest BCUT2D eigenvalue weighted by molar-refractivity contribution is 7.99. The van der Waals surface area contributed by atoms with Crippen LogP contribution in [-0.4, -0.2) is 40.6 Å². The van der Waals surface area contributed by atoms with E-state index in [1.54, 1.807) is 18.2 Å². The van der Waals surface area contributed by atoms with Crippen LogP contribution >= 0.6 is 11.8 Å². The molecule has 3 rings (SSSR count). The summed E-state index contributed by atoms with van der Waals surface area (Å²) in [6, 6.07) is 8.27. The molecule has 28 heavy (non-hydrogen) atoms. The third kappa shape index (κ3) is 4.19. The molecule has 148 valence electrons. The number of esters is 1. The highest BCUT2D eigenvalue weighted by Gasteiger charge is 2.43. The molecule has 3 atom stereocenters. The minimum atomic E-state index is -1.16. The fourth-order valence-corrected chi connectivity index (χ4v) is 4.24. The van der Waals surface area contributed by atoms with Crippen LogP contribution in [0.3, 0.4) is 0 Å². The Morgan fingerprint density at radius 3 is 2.68 bits per heavy atom. The molecule has 1 N–H and O–H groups in total. The number of halogens is 1. The van der Waals surface area contributed by atoms with Gasteiger partial charge in [-0.05, 0) is 31.2 Å². The number of hydrogen-bond acceptors (Lipinski definition) is 6. The van der Waals surface area contributed by atoms with E-state index in [1.807, 2.05) is 0 Å². The number of thioether (sulfide) groups is 1. The number of benzene rings is 1. The summed E-state index contributed by atoms with van der Waals surface area (Å²) in [6.07, 6.45) is 0.336. The van der Waals surface area contributed by atoms with Crippen LogP contribution in [0.2, 0.25) is 0 Å². The molecule has 0 radical (unpaired) electrons. The van der Waals surface area contributed by atoms with Gasteiger partial charge >= 0.3 is 5.97 Å². The summed E-state index contributed by atoms with van der Waals surface area (Å²) in [5.41, 5.74) is -0.00457. The maximum absolute atomic E-state index is 13.7. The lowest BCUT2D eigenvalue weighted by atomic mass is 10.2. The van der Waals surface area contributed by atoms with Crippen LogP contribution in [-0.2, 0) is 19.1 Å². The summed E-state index contributed by atoms with van der Waals surface area (Å²) in [5.74, 6) is -1.40. The second kappa shape index (κ2) is 8.47. The number of anilines is 1. The monoisotopic (exact) mass is 406 g/mol. The Labute approximate surface area is 165 Å². The highest BCUT2D eigenvalue weighted by atomic mass is 32.2. The van der Waals surface area contributed by atoms with E-state index in [2.05, 4.69) is 5.32 Å². The molecule has 0 unspecified atom stereocenters. The van der Waals surface area contributed by atoms with E-state index < -0.39 is 35.2 Å². The number of carbonyl (C=O) groups is 3. The number of hydrogen-bond donors (Lipinski definition) is 1. The first-order chi connectivity index (χ1) is 13.4. The molecule has 2 heterocycles. The summed E-state index contributed by atoms with van der Waals surface area (Å²) in [7, 11) is 0. The van der Waals surface area contributed by atoms with Gasteiger partial charge in [0.2, 0.25) is 5.91 Å². The zero-order chi connectivity index (χ0) is 20.3. The third-order valence-electron chi connectivity index (χ3n) is 4.22. The minimum Gasteiger partial charge on any atom is -0.466 e. The number of para-hydroxylation sites is 1. The van der Waals surface area contributed by atoms with E-state index in [9.17, 15) is 18.8 Å². The van der Waals surface area contributed by atoms with E-state index in [-0.39, 0.29) is 11.6 Å². The Balaban J connectivity index is 1.65. The molecule has 0 saturated carbocycles. The maximum Gasteiger partial charge on any atom is 0.330 e. The normalized spacial score (nSPS) is 19.9. The predicted molar refractivity (Wildman–Crippen MR) is 101 cm³/mol. The summed E-state index contributed by atoms with van der Waals surface area (Å²) in [4.78, 5) is 38.3. The van der Waals surface area contributed by atoms with Crippen LogP contribution in [0.5, 0.6) is 0 Å². The van der Waals surface area contributed by atoms with Gasteiger partial charge in [-0.15, -0.1) is 11.8 Å². The lowest BCUT2D eigenvalue weighted by Crippen LogP contribution is -2.44. The highest BCUT2D eigenvalue weighted by Crippen LogP contribution is 2.41. The van der Waals surface area contributed by atoms with Crippen molar-refractivity contribution in [2.75, 3.05) is 11.1 Å². The molecule has 1 aromatic heterocycles. The molecular weight excluding hydrogens is 387 g/mol. The number of rotatable bonds is 5. The van der Waals surface area contributed by atoms with Crippen LogP contribution in [0.25, 0.3) is 0 Å². The molecule has 1 aromatic carbocycles. The average molecular weight is 406 g/mol. The lowest BCUT2D eigenvalue weighted by molar-refractivity contribution is -0.160. The van der Waals surface area contributed by atoms with Crippen LogP contribution in [0, 0.1) is 5.82 Å². The average Bonchev–Trinajstić information content (AvgIpc) is 3.32. The zero-order valence-corrected chi connectivity index (χ0v) is 16.1. The molecule has 1 aliphatic heterocycles. The molecule has 0 bridgehead atoms. The van der Waals surface area contributed by atoms with Crippen LogP contribution < -0.4 is 5.32 Å². The van der Waals surface area contributed by atoms with Gasteiger partial charge in [0.05, 0.1) is 12.0 Å². The van der Waals surface area contributed by atoms with Crippen molar-refractivity contribution in [1.82, 2.24) is 4.90 Å². The Morgan fingerprint density at radius 2 is 2.04 bits per heavy atom. The predicted octanol–water partition coefficient (Wildman–Crippen LogP) is 2.95. The van der Waals surface area contributed by atoms with Crippen molar-refractivity contribution in [3.05, 3.63) is 54.2 Å². The van der Waals surface area contributed by atoms with Gasteiger partial charge in [-0.3, -0.25) is 9.59 Å². The van der Waals surface area contributed by atoms with Gasteiger partial charge in [0.1, 0.15) is 23.0 Å². The zero-order valence-electron chi connectivity index (χ0n) is 15.3. The Hall–Kier alpha value is -2.81. The number of ether oxygens (including phenoxy) is 1. The van der Waals surface area contributed by atoms with Crippen molar-refractivity contribution in [3.8, 4) is 0 Å². The molecule has 2 amide bonds. The standard InChI is InChI=1S/C19H19FN2O5S/c1-11(17(24)21-14-7-4-3-6-13(14)20)27-19(25)15-10-28-18(22(15)12(2)23)16-8-5-9-26-16/h3-9,11,15,18H,10H2,1-2H3,(H,21,24)/t11-,15-,18+/m0/s1. The van der Waals surface area contributed by atoms with Crippen molar-refractivity contribution in [3.63, 3.8) is 0 Å². The van der Waals surface area contributed by atoms with E-state index in [0.29, 0.717) is 11.5 Å².